The van der Waals surface area contributed by atoms with Crippen molar-refractivity contribution in [3.05, 3.63) is 72.5 Å². The molecule has 0 unspecified atom stereocenters. The first kappa shape index (κ1) is 17.2. The number of anilines is 2. The van der Waals surface area contributed by atoms with Crippen LogP contribution in [0.5, 0.6) is 0 Å². The van der Waals surface area contributed by atoms with Crippen LogP contribution in [0.25, 0.3) is 10.8 Å². The number of carbonyl (C=O) groups excluding carboxylic acids is 2. The van der Waals surface area contributed by atoms with Crippen LogP contribution in [-0.2, 0) is 9.59 Å². The molecule has 1 aliphatic heterocycles. The van der Waals surface area contributed by atoms with Crippen LogP contribution in [0.4, 0.5) is 15.8 Å². The van der Waals surface area contributed by atoms with Crippen molar-refractivity contribution in [1.29, 1.82) is 0 Å². The van der Waals surface area contributed by atoms with Crippen LogP contribution in [-0.4, -0.2) is 25.4 Å². The third-order valence-electron chi connectivity index (χ3n) is 5.08. The molecule has 1 fully saturated rings. The van der Waals surface area contributed by atoms with E-state index in [4.69, 9.17) is 0 Å². The highest BCUT2D eigenvalue weighted by Crippen LogP contribution is 2.32. The van der Waals surface area contributed by atoms with Crippen molar-refractivity contribution in [3.63, 3.8) is 0 Å². The van der Waals surface area contributed by atoms with Crippen molar-refractivity contribution in [2.45, 2.75) is 6.42 Å². The third-order valence-corrected chi connectivity index (χ3v) is 5.08. The molecular formula is C22H19FN2O2. The summed E-state index contributed by atoms with van der Waals surface area (Å²) >= 11 is 0. The highest BCUT2D eigenvalue weighted by Gasteiger charge is 2.37. The molecule has 0 aliphatic carbocycles. The molecule has 3 aromatic rings. The van der Waals surface area contributed by atoms with Crippen LogP contribution in [0.1, 0.15) is 6.42 Å². The molecule has 0 bridgehead atoms. The van der Waals surface area contributed by atoms with Crippen LogP contribution in [0, 0.1) is 11.7 Å². The van der Waals surface area contributed by atoms with Gasteiger partial charge in [-0.2, -0.15) is 0 Å². The molecule has 3 aromatic carbocycles. The number of hydrogen-bond donors (Lipinski definition) is 0. The summed E-state index contributed by atoms with van der Waals surface area (Å²) in [6, 6.07) is 19.5. The summed E-state index contributed by atoms with van der Waals surface area (Å²) in [6.45, 7) is 0.344. The number of amides is 2. The van der Waals surface area contributed by atoms with Crippen molar-refractivity contribution in [1.82, 2.24) is 0 Å². The van der Waals surface area contributed by atoms with Crippen molar-refractivity contribution in [2.24, 2.45) is 5.92 Å². The number of rotatable bonds is 3. The smallest absolute Gasteiger partial charge is 0.232 e. The lowest BCUT2D eigenvalue weighted by Gasteiger charge is -2.22. The summed E-state index contributed by atoms with van der Waals surface area (Å²) in [5.74, 6) is -0.973. The zero-order valence-electron chi connectivity index (χ0n) is 14.9. The van der Waals surface area contributed by atoms with Crippen LogP contribution in [0.2, 0.25) is 0 Å². The number of halogens is 1. The van der Waals surface area contributed by atoms with Crippen LogP contribution >= 0.6 is 0 Å². The SMILES string of the molecule is CN(C(=O)[C@@H]1CC(=O)N(c2cccc3ccccc23)C1)c1ccc(F)cc1. The van der Waals surface area contributed by atoms with Gasteiger partial charge in [-0.15, -0.1) is 0 Å². The van der Waals surface area contributed by atoms with E-state index in [9.17, 15) is 14.0 Å². The maximum absolute atomic E-state index is 13.1. The molecule has 1 heterocycles. The van der Waals surface area contributed by atoms with Gasteiger partial charge in [0.1, 0.15) is 5.82 Å². The summed E-state index contributed by atoms with van der Waals surface area (Å²) in [6.07, 6.45) is 0.174. The van der Waals surface area contributed by atoms with Gasteiger partial charge in [-0.05, 0) is 35.7 Å². The monoisotopic (exact) mass is 362 g/mol. The number of fused-ring (bicyclic) bond motifs is 1. The van der Waals surface area contributed by atoms with Gasteiger partial charge in [0, 0.05) is 31.1 Å². The molecule has 2 amide bonds. The number of hydrogen-bond acceptors (Lipinski definition) is 2. The summed E-state index contributed by atoms with van der Waals surface area (Å²) in [4.78, 5) is 28.7. The third kappa shape index (κ3) is 3.16. The van der Waals surface area contributed by atoms with E-state index < -0.39 is 5.92 Å². The Kier molecular flexibility index (Phi) is 4.36. The van der Waals surface area contributed by atoms with Crippen molar-refractivity contribution < 1.29 is 14.0 Å². The Morgan fingerprint density at radius 3 is 2.52 bits per heavy atom. The molecule has 5 heteroatoms. The minimum Gasteiger partial charge on any atom is -0.315 e. The van der Waals surface area contributed by atoms with Gasteiger partial charge in [0.05, 0.1) is 11.6 Å². The molecule has 4 nitrogen and oxygen atoms in total. The van der Waals surface area contributed by atoms with Gasteiger partial charge < -0.3 is 9.80 Å². The molecule has 27 heavy (non-hydrogen) atoms. The average molecular weight is 362 g/mol. The fourth-order valence-electron chi connectivity index (χ4n) is 3.62. The molecule has 0 saturated carbocycles. The van der Waals surface area contributed by atoms with Gasteiger partial charge in [0.25, 0.3) is 0 Å². The molecule has 1 atom stereocenters. The van der Waals surface area contributed by atoms with Crippen molar-refractivity contribution in [2.75, 3.05) is 23.4 Å². The highest BCUT2D eigenvalue weighted by molar-refractivity contribution is 6.08. The minimum absolute atomic E-state index is 0.0581. The zero-order chi connectivity index (χ0) is 19.0. The second-order valence-corrected chi connectivity index (χ2v) is 6.78. The Bertz CT molecular complexity index is 1010. The standard InChI is InChI=1S/C22H19FN2O2/c1-24(18-11-9-17(23)10-12-18)22(27)16-13-21(26)25(14-16)20-8-4-6-15-5-2-3-7-19(15)20/h2-12,16H,13-14H2,1H3/t16-/m1/s1. The number of benzene rings is 3. The van der Waals surface area contributed by atoms with Crippen LogP contribution in [0.15, 0.2) is 66.7 Å². The Balaban J connectivity index is 1.58. The summed E-state index contributed by atoms with van der Waals surface area (Å²) in [5, 5.41) is 2.05. The zero-order valence-corrected chi connectivity index (χ0v) is 14.9. The van der Waals surface area contributed by atoms with E-state index in [0.29, 0.717) is 12.2 Å². The molecule has 0 aromatic heterocycles. The maximum Gasteiger partial charge on any atom is 0.232 e. The Hall–Kier alpha value is -3.21. The molecule has 1 saturated heterocycles. The fourth-order valence-corrected chi connectivity index (χ4v) is 3.62. The van der Waals surface area contributed by atoms with Crippen molar-refractivity contribution >= 4 is 34.0 Å². The minimum atomic E-state index is -0.425. The first-order chi connectivity index (χ1) is 13.0. The number of nitrogens with zero attached hydrogens (tertiary/aromatic N) is 2. The molecule has 4 rings (SSSR count). The van der Waals surface area contributed by atoms with E-state index in [1.54, 1.807) is 24.1 Å². The second kappa shape index (κ2) is 6.83. The lowest BCUT2D eigenvalue weighted by Crippen LogP contribution is -2.34. The van der Waals surface area contributed by atoms with Crippen LogP contribution < -0.4 is 9.80 Å². The molecule has 0 radical (unpaired) electrons. The van der Waals surface area contributed by atoms with Gasteiger partial charge >= 0.3 is 0 Å². The van der Waals surface area contributed by atoms with Gasteiger partial charge in [-0.3, -0.25) is 9.59 Å². The van der Waals surface area contributed by atoms with Gasteiger partial charge in [0.15, 0.2) is 0 Å². The quantitative estimate of drug-likeness (QED) is 0.707. The summed E-state index contributed by atoms with van der Waals surface area (Å²) in [5.41, 5.74) is 1.44. The van der Waals surface area contributed by atoms with E-state index >= 15 is 0 Å². The summed E-state index contributed by atoms with van der Waals surface area (Å²) in [7, 11) is 1.65. The average Bonchev–Trinajstić information content (AvgIpc) is 3.08. The van der Waals surface area contributed by atoms with Crippen molar-refractivity contribution in [3.8, 4) is 0 Å². The molecule has 136 valence electrons. The summed E-state index contributed by atoms with van der Waals surface area (Å²) < 4.78 is 13.1. The van der Waals surface area contributed by atoms with E-state index in [2.05, 4.69) is 0 Å². The van der Waals surface area contributed by atoms with Crippen LogP contribution in [0.3, 0.4) is 0 Å². The maximum atomic E-state index is 13.1. The Morgan fingerprint density at radius 2 is 1.74 bits per heavy atom. The molecular weight excluding hydrogens is 343 g/mol. The molecule has 0 N–H and O–H groups in total. The topological polar surface area (TPSA) is 40.6 Å². The van der Waals surface area contributed by atoms with E-state index in [1.165, 1.54) is 17.0 Å². The Labute approximate surface area is 156 Å². The molecule has 0 spiro atoms. The van der Waals surface area contributed by atoms with Gasteiger partial charge in [-0.25, -0.2) is 4.39 Å². The predicted octanol–water partition coefficient (Wildman–Crippen LogP) is 3.99. The lowest BCUT2D eigenvalue weighted by molar-refractivity contribution is -0.124. The van der Waals surface area contributed by atoms with E-state index in [0.717, 1.165) is 16.5 Å². The Morgan fingerprint density at radius 1 is 1.04 bits per heavy atom. The van der Waals surface area contributed by atoms with E-state index in [-0.39, 0.29) is 24.1 Å². The normalized spacial score (nSPS) is 16.7. The van der Waals surface area contributed by atoms with Gasteiger partial charge in [0.2, 0.25) is 11.8 Å². The number of carbonyl (C=O) groups is 2. The lowest BCUT2D eigenvalue weighted by atomic mass is 10.1. The van der Waals surface area contributed by atoms with E-state index in [1.807, 2.05) is 42.5 Å². The highest BCUT2D eigenvalue weighted by atomic mass is 19.1. The predicted molar refractivity (Wildman–Crippen MR) is 104 cm³/mol. The van der Waals surface area contributed by atoms with Gasteiger partial charge in [-0.1, -0.05) is 36.4 Å². The first-order valence-corrected chi connectivity index (χ1v) is 8.86. The first-order valence-electron chi connectivity index (χ1n) is 8.86. The second-order valence-electron chi connectivity index (χ2n) is 6.78. The molecule has 1 aliphatic rings. The fraction of sp³-hybridized carbons (Fsp3) is 0.182. The largest absolute Gasteiger partial charge is 0.315 e.